The summed E-state index contributed by atoms with van der Waals surface area (Å²) in [7, 11) is 0. The Kier molecular flexibility index (Phi) is 5.71. The summed E-state index contributed by atoms with van der Waals surface area (Å²) >= 11 is 0. The van der Waals surface area contributed by atoms with E-state index in [9.17, 15) is 5.11 Å². The summed E-state index contributed by atoms with van der Waals surface area (Å²) in [5.41, 5.74) is 6.08. The molecular weight excluding hydrogens is 380 g/mol. The lowest BCUT2D eigenvalue weighted by molar-refractivity contribution is 0.144. The van der Waals surface area contributed by atoms with Gasteiger partial charge in [0, 0.05) is 28.9 Å². The monoisotopic (exact) mass is 408 g/mol. The first-order chi connectivity index (χ1) is 14.8. The smallest absolute Gasteiger partial charge is 0.0861 e. The van der Waals surface area contributed by atoms with Gasteiger partial charge in [-0.1, -0.05) is 44.2 Å². The third-order valence-electron chi connectivity index (χ3n) is 5.50. The summed E-state index contributed by atoms with van der Waals surface area (Å²) in [4.78, 5) is 9.13. The predicted molar refractivity (Wildman–Crippen MR) is 130 cm³/mol. The van der Waals surface area contributed by atoms with E-state index in [1.165, 1.54) is 5.56 Å². The molecule has 0 aliphatic heterocycles. The van der Waals surface area contributed by atoms with E-state index >= 15 is 0 Å². The third kappa shape index (κ3) is 4.57. The van der Waals surface area contributed by atoms with E-state index in [4.69, 9.17) is 0 Å². The summed E-state index contributed by atoms with van der Waals surface area (Å²) in [6, 6.07) is 22.7. The number of pyridine rings is 2. The second-order valence-corrected chi connectivity index (χ2v) is 8.76. The Balaban J connectivity index is 1.87. The van der Waals surface area contributed by atoms with Gasteiger partial charge >= 0.3 is 0 Å². The Morgan fingerprint density at radius 1 is 0.903 bits per heavy atom. The van der Waals surface area contributed by atoms with E-state index in [1.54, 1.807) is 20.0 Å². The number of benzene rings is 2. The average molecular weight is 409 g/mol. The maximum absolute atomic E-state index is 10.8. The third-order valence-corrected chi connectivity index (χ3v) is 5.50. The number of hydrogen-bond donors (Lipinski definition) is 1. The van der Waals surface area contributed by atoms with Crippen LogP contribution in [0.4, 0.5) is 0 Å². The molecule has 2 aromatic carbocycles. The van der Waals surface area contributed by atoms with Gasteiger partial charge in [-0.25, -0.2) is 0 Å². The predicted octanol–water partition coefficient (Wildman–Crippen LogP) is 6.73. The molecule has 0 fully saturated rings. The first kappa shape index (κ1) is 21.0. The zero-order valence-electron chi connectivity index (χ0n) is 18.5. The minimum absolute atomic E-state index is 0.428. The van der Waals surface area contributed by atoms with Gasteiger partial charge in [0.1, 0.15) is 0 Å². The van der Waals surface area contributed by atoms with E-state index in [-0.39, 0.29) is 0 Å². The van der Waals surface area contributed by atoms with Gasteiger partial charge in [0.25, 0.3) is 0 Å². The Morgan fingerprint density at radius 3 is 2.42 bits per heavy atom. The second kappa shape index (κ2) is 8.44. The quantitative estimate of drug-likeness (QED) is 0.398. The molecule has 0 spiro atoms. The van der Waals surface area contributed by atoms with Crippen molar-refractivity contribution in [2.45, 2.75) is 39.2 Å². The van der Waals surface area contributed by atoms with Gasteiger partial charge in [0.15, 0.2) is 0 Å². The minimum atomic E-state index is -1.02. The van der Waals surface area contributed by atoms with Crippen LogP contribution in [0, 0.1) is 0 Å². The van der Waals surface area contributed by atoms with Crippen molar-refractivity contribution >= 4 is 22.6 Å². The van der Waals surface area contributed by atoms with Crippen molar-refractivity contribution in [3.05, 3.63) is 95.9 Å². The summed E-state index contributed by atoms with van der Waals surface area (Å²) in [5, 5.41) is 11.9. The highest BCUT2D eigenvalue weighted by atomic mass is 16.3. The Labute approximate surface area is 184 Å². The molecule has 31 heavy (non-hydrogen) atoms. The fourth-order valence-corrected chi connectivity index (χ4v) is 3.82. The summed E-state index contributed by atoms with van der Waals surface area (Å²) in [6.07, 6.45) is 5.62. The maximum atomic E-state index is 10.8. The lowest BCUT2D eigenvalue weighted by Gasteiger charge is -2.21. The van der Waals surface area contributed by atoms with Crippen LogP contribution in [-0.2, 0) is 0 Å². The molecule has 0 amide bonds. The number of nitrogens with zero attached hydrogens (tertiary/aromatic N) is 2. The minimum Gasteiger partial charge on any atom is -0.386 e. The van der Waals surface area contributed by atoms with Crippen LogP contribution in [0.3, 0.4) is 0 Å². The van der Waals surface area contributed by atoms with Gasteiger partial charge in [0.2, 0.25) is 0 Å². The van der Waals surface area contributed by atoms with Crippen molar-refractivity contribution < 1.29 is 5.11 Å². The lowest BCUT2D eigenvalue weighted by Crippen LogP contribution is -2.21. The molecule has 3 nitrogen and oxygen atoms in total. The van der Waals surface area contributed by atoms with Crippen molar-refractivity contribution in [2.24, 2.45) is 0 Å². The second-order valence-electron chi connectivity index (χ2n) is 8.76. The van der Waals surface area contributed by atoms with Crippen molar-refractivity contribution in [3.8, 4) is 11.1 Å². The first-order valence-electron chi connectivity index (χ1n) is 10.7. The average Bonchev–Trinajstić information content (AvgIpc) is 2.76. The number of aromatic nitrogens is 2. The van der Waals surface area contributed by atoms with Crippen LogP contribution in [0.1, 0.15) is 50.4 Å². The Bertz CT molecular complexity index is 1230. The highest BCUT2D eigenvalue weighted by Gasteiger charge is 2.22. The molecule has 1 N–H and O–H groups in total. The van der Waals surface area contributed by atoms with Gasteiger partial charge < -0.3 is 5.11 Å². The Hall–Kier alpha value is -3.30. The van der Waals surface area contributed by atoms with Gasteiger partial charge in [0.05, 0.1) is 16.8 Å². The van der Waals surface area contributed by atoms with Crippen molar-refractivity contribution in [3.63, 3.8) is 0 Å². The zero-order valence-corrected chi connectivity index (χ0v) is 18.5. The largest absolute Gasteiger partial charge is 0.386 e. The molecule has 4 aromatic rings. The highest BCUT2D eigenvalue weighted by Crippen LogP contribution is 2.33. The highest BCUT2D eigenvalue weighted by molar-refractivity contribution is 5.95. The van der Waals surface area contributed by atoms with E-state index < -0.39 is 5.60 Å². The molecule has 0 aliphatic rings. The fourth-order valence-electron chi connectivity index (χ4n) is 3.82. The van der Waals surface area contributed by atoms with Gasteiger partial charge in [-0.3, -0.25) is 9.97 Å². The van der Waals surface area contributed by atoms with Crippen molar-refractivity contribution in [2.75, 3.05) is 0 Å². The topological polar surface area (TPSA) is 46.0 Å². The lowest BCUT2D eigenvalue weighted by atomic mass is 9.91. The molecule has 0 unspecified atom stereocenters. The Morgan fingerprint density at radius 2 is 1.71 bits per heavy atom. The standard InChI is InChI=1S/C28H28N2O/c1-19(2)23-17-22-11-8-14-30-27(22)24(18-23)21-10-7-9-20(15-21)16-25(28(3,4)31)26-12-5-6-13-29-26/h5-19,31H,1-4H3/b25-16-. The van der Waals surface area contributed by atoms with Gasteiger partial charge in [-0.05, 0) is 78.9 Å². The number of aliphatic hydroxyl groups is 1. The first-order valence-corrected chi connectivity index (χ1v) is 10.7. The summed E-state index contributed by atoms with van der Waals surface area (Å²) in [6.45, 7) is 8.01. The molecule has 3 heteroatoms. The van der Waals surface area contributed by atoms with Crippen molar-refractivity contribution in [1.82, 2.24) is 9.97 Å². The van der Waals surface area contributed by atoms with Crippen LogP contribution in [0.25, 0.3) is 33.7 Å². The van der Waals surface area contributed by atoms with E-state index in [2.05, 4.69) is 66.3 Å². The fraction of sp³-hybridized carbons (Fsp3) is 0.214. The van der Waals surface area contributed by atoms with Crippen LogP contribution < -0.4 is 0 Å². The SMILES string of the molecule is CC(C)c1cc(-c2cccc(/C=C(/c3ccccn3)C(C)(C)O)c2)c2ncccc2c1. The number of fused-ring (bicyclic) bond motifs is 1. The van der Waals surface area contributed by atoms with Crippen LogP contribution in [0.15, 0.2) is 79.1 Å². The molecule has 156 valence electrons. The van der Waals surface area contributed by atoms with Gasteiger partial charge in [-0.15, -0.1) is 0 Å². The molecule has 2 aromatic heterocycles. The van der Waals surface area contributed by atoms with E-state index in [0.717, 1.165) is 38.9 Å². The van der Waals surface area contributed by atoms with Crippen LogP contribution >= 0.6 is 0 Å². The molecule has 0 aliphatic carbocycles. The van der Waals surface area contributed by atoms with E-state index in [0.29, 0.717) is 5.92 Å². The molecule has 0 bridgehead atoms. The number of hydrogen-bond acceptors (Lipinski definition) is 3. The van der Waals surface area contributed by atoms with Crippen LogP contribution in [0.2, 0.25) is 0 Å². The van der Waals surface area contributed by atoms with E-state index in [1.807, 2.05) is 36.5 Å². The zero-order chi connectivity index (χ0) is 22.0. The van der Waals surface area contributed by atoms with Crippen LogP contribution in [0.5, 0.6) is 0 Å². The summed E-state index contributed by atoms with van der Waals surface area (Å²) in [5.74, 6) is 0.428. The normalized spacial score (nSPS) is 12.5. The molecule has 0 saturated carbocycles. The molecule has 0 saturated heterocycles. The molecule has 2 heterocycles. The van der Waals surface area contributed by atoms with Crippen LogP contribution in [-0.4, -0.2) is 20.7 Å². The number of rotatable bonds is 5. The maximum Gasteiger partial charge on any atom is 0.0861 e. The molecule has 4 rings (SSSR count). The molecule has 0 atom stereocenters. The van der Waals surface area contributed by atoms with Crippen molar-refractivity contribution in [1.29, 1.82) is 0 Å². The van der Waals surface area contributed by atoms with Gasteiger partial charge in [-0.2, -0.15) is 0 Å². The molecular formula is C28H28N2O. The molecule has 0 radical (unpaired) electrons. The summed E-state index contributed by atoms with van der Waals surface area (Å²) < 4.78 is 0.